The van der Waals surface area contributed by atoms with Crippen molar-refractivity contribution in [3.8, 4) is 0 Å². The van der Waals surface area contributed by atoms with Gasteiger partial charge in [0, 0.05) is 28.0 Å². The Morgan fingerprint density at radius 3 is 2.65 bits per heavy atom. The maximum atomic E-state index is 4.31. The second kappa shape index (κ2) is 3.59. The van der Waals surface area contributed by atoms with Crippen LogP contribution >= 0.6 is 0 Å². The van der Waals surface area contributed by atoms with Crippen LogP contribution in [0.2, 0.25) is 0 Å². The van der Waals surface area contributed by atoms with Gasteiger partial charge in [0.1, 0.15) is 0 Å². The van der Waals surface area contributed by atoms with Crippen molar-refractivity contribution >= 4 is 21.8 Å². The lowest BCUT2D eigenvalue weighted by Crippen LogP contribution is -1.99. The van der Waals surface area contributed by atoms with Crippen molar-refractivity contribution in [2.24, 2.45) is 0 Å². The maximum Gasteiger partial charge on any atom is 0.0680 e. The number of fused-ring (bicyclic) bond motifs is 3. The van der Waals surface area contributed by atoms with Crippen molar-refractivity contribution in [2.75, 3.05) is 0 Å². The van der Waals surface area contributed by atoms with Gasteiger partial charge in [0.2, 0.25) is 0 Å². The molecule has 0 unspecified atom stereocenters. The van der Waals surface area contributed by atoms with Gasteiger partial charge in [0.25, 0.3) is 0 Å². The van der Waals surface area contributed by atoms with Gasteiger partial charge in [-0.1, -0.05) is 18.2 Å². The molecule has 85 valence electrons. The van der Waals surface area contributed by atoms with Crippen LogP contribution in [0.1, 0.15) is 25.6 Å². The topological polar surface area (TPSA) is 17.8 Å². The summed E-state index contributed by atoms with van der Waals surface area (Å²) in [6, 6.07) is 11.0. The molecule has 0 aliphatic rings. The smallest absolute Gasteiger partial charge is 0.0680 e. The molecule has 17 heavy (non-hydrogen) atoms. The molecule has 2 aromatic heterocycles. The standard InChI is InChI=1S/C15H15N2/c1-10(2)17-14-7-5-4-6-12(14)13-8-11(3)16-9-15(13)17/h4-10H,3H2,1-2H3. The van der Waals surface area contributed by atoms with Crippen molar-refractivity contribution in [3.63, 3.8) is 0 Å². The minimum Gasteiger partial charge on any atom is -0.337 e. The molecule has 0 aliphatic carbocycles. The molecule has 2 heteroatoms. The fourth-order valence-electron chi connectivity index (χ4n) is 2.50. The zero-order valence-corrected chi connectivity index (χ0v) is 10.1. The first-order valence-electron chi connectivity index (χ1n) is 5.89. The Morgan fingerprint density at radius 1 is 1.12 bits per heavy atom. The molecule has 1 radical (unpaired) electrons. The Kier molecular flexibility index (Phi) is 2.18. The molecule has 0 fully saturated rings. The van der Waals surface area contributed by atoms with E-state index in [2.05, 4.69) is 60.7 Å². The fraction of sp³-hybridized carbons (Fsp3) is 0.200. The van der Waals surface area contributed by atoms with Crippen LogP contribution in [0, 0.1) is 6.92 Å². The van der Waals surface area contributed by atoms with E-state index < -0.39 is 0 Å². The number of benzene rings is 1. The van der Waals surface area contributed by atoms with E-state index in [1.54, 1.807) is 0 Å². The van der Waals surface area contributed by atoms with Gasteiger partial charge < -0.3 is 4.57 Å². The van der Waals surface area contributed by atoms with E-state index in [9.17, 15) is 0 Å². The van der Waals surface area contributed by atoms with Gasteiger partial charge in [0.15, 0.2) is 0 Å². The third kappa shape index (κ3) is 1.44. The molecule has 0 saturated heterocycles. The van der Waals surface area contributed by atoms with Gasteiger partial charge in [-0.15, -0.1) is 0 Å². The normalized spacial score (nSPS) is 11.8. The van der Waals surface area contributed by atoms with E-state index in [1.165, 1.54) is 21.8 Å². The average Bonchev–Trinajstić information content (AvgIpc) is 2.63. The molecule has 0 aliphatic heterocycles. The van der Waals surface area contributed by atoms with Crippen molar-refractivity contribution in [3.05, 3.63) is 49.1 Å². The number of hydrogen-bond donors (Lipinski definition) is 0. The van der Waals surface area contributed by atoms with E-state index >= 15 is 0 Å². The lowest BCUT2D eigenvalue weighted by molar-refractivity contribution is 0.641. The largest absolute Gasteiger partial charge is 0.337 e. The molecule has 0 atom stereocenters. The number of aromatic nitrogens is 2. The highest BCUT2D eigenvalue weighted by Crippen LogP contribution is 2.31. The third-order valence-corrected chi connectivity index (χ3v) is 3.17. The molecule has 0 bridgehead atoms. The summed E-state index contributed by atoms with van der Waals surface area (Å²) in [6.07, 6.45) is 1.93. The van der Waals surface area contributed by atoms with Crippen molar-refractivity contribution in [1.82, 2.24) is 9.55 Å². The monoisotopic (exact) mass is 223 g/mol. The molecular weight excluding hydrogens is 208 g/mol. The summed E-state index contributed by atoms with van der Waals surface area (Å²) in [7, 11) is 0. The van der Waals surface area contributed by atoms with E-state index in [0.29, 0.717) is 6.04 Å². The highest BCUT2D eigenvalue weighted by Gasteiger charge is 2.12. The molecule has 3 rings (SSSR count). The Balaban J connectivity index is 2.57. The molecule has 0 saturated carbocycles. The highest BCUT2D eigenvalue weighted by atomic mass is 15.0. The zero-order valence-electron chi connectivity index (χ0n) is 10.1. The van der Waals surface area contributed by atoms with Gasteiger partial charge in [-0.25, -0.2) is 0 Å². The zero-order chi connectivity index (χ0) is 12.0. The molecule has 3 aromatic rings. The minimum absolute atomic E-state index is 0.426. The van der Waals surface area contributed by atoms with Gasteiger partial charge in [-0.05, 0) is 32.9 Å². The second-order valence-electron chi connectivity index (χ2n) is 4.67. The van der Waals surface area contributed by atoms with Crippen molar-refractivity contribution in [2.45, 2.75) is 19.9 Å². The molecule has 2 nitrogen and oxygen atoms in total. The van der Waals surface area contributed by atoms with Gasteiger partial charge in [-0.2, -0.15) is 0 Å². The molecule has 2 heterocycles. The first-order chi connectivity index (χ1) is 8.18. The predicted molar refractivity (Wildman–Crippen MR) is 72.1 cm³/mol. The number of nitrogens with zero attached hydrogens (tertiary/aromatic N) is 2. The van der Waals surface area contributed by atoms with Gasteiger partial charge in [-0.3, -0.25) is 4.98 Å². The molecular formula is C15H15N2. The summed E-state index contributed by atoms with van der Waals surface area (Å²) < 4.78 is 2.33. The Labute approximate surface area is 101 Å². The molecule has 0 amide bonds. The van der Waals surface area contributed by atoms with Crippen LogP contribution in [0.15, 0.2) is 36.5 Å². The Hall–Kier alpha value is -1.83. The van der Waals surface area contributed by atoms with E-state index in [-0.39, 0.29) is 0 Å². The van der Waals surface area contributed by atoms with E-state index in [4.69, 9.17) is 0 Å². The summed E-state index contributed by atoms with van der Waals surface area (Å²) in [5.41, 5.74) is 3.28. The second-order valence-corrected chi connectivity index (χ2v) is 4.67. The van der Waals surface area contributed by atoms with Crippen LogP contribution in [0.3, 0.4) is 0 Å². The number of para-hydroxylation sites is 1. The predicted octanol–water partition coefficient (Wildman–Crippen LogP) is 3.95. The lowest BCUT2D eigenvalue weighted by Gasteiger charge is -2.10. The van der Waals surface area contributed by atoms with Crippen LogP contribution < -0.4 is 0 Å². The van der Waals surface area contributed by atoms with Crippen LogP contribution in [0.5, 0.6) is 0 Å². The lowest BCUT2D eigenvalue weighted by atomic mass is 10.2. The first-order valence-corrected chi connectivity index (χ1v) is 5.89. The Bertz CT molecular complexity index is 693. The minimum atomic E-state index is 0.426. The average molecular weight is 223 g/mol. The van der Waals surface area contributed by atoms with E-state index in [0.717, 1.165) is 5.69 Å². The highest BCUT2D eigenvalue weighted by molar-refractivity contribution is 6.08. The number of hydrogen-bond acceptors (Lipinski definition) is 1. The number of pyridine rings is 1. The van der Waals surface area contributed by atoms with Crippen LogP contribution in [0.4, 0.5) is 0 Å². The van der Waals surface area contributed by atoms with Gasteiger partial charge in [0.05, 0.1) is 11.7 Å². The number of rotatable bonds is 1. The van der Waals surface area contributed by atoms with Crippen molar-refractivity contribution < 1.29 is 0 Å². The van der Waals surface area contributed by atoms with Gasteiger partial charge >= 0.3 is 0 Å². The summed E-state index contributed by atoms with van der Waals surface area (Å²) in [6.45, 7) is 8.31. The van der Waals surface area contributed by atoms with E-state index in [1.807, 2.05) is 6.20 Å². The SMILES string of the molecule is [CH2]c1cc2c3ccccc3n(C(C)C)c2cn1. The summed E-state index contributed by atoms with van der Waals surface area (Å²) in [4.78, 5) is 4.31. The quantitative estimate of drug-likeness (QED) is 0.610. The Morgan fingerprint density at radius 2 is 1.88 bits per heavy atom. The third-order valence-electron chi connectivity index (χ3n) is 3.17. The van der Waals surface area contributed by atoms with Crippen LogP contribution in [-0.4, -0.2) is 9.55 Å². The molecule has 0 spiro atoms. The van der Waals surface area contributed by atoms with Crippen LogP contribution in [-0.2, 0) is 0 Å². The maximum absolute atomic E-state index is 4.31. The van der Waals surface area contributed by atoms with Crippen molar-refractivity contribution in [1.29, 1.82) is 0 Å². The summed E-state index contributed by atoms with van der Waals surface area (Å²) >= 11 is 0. The summed E-state index contributed by atoms with van der Waals surface area (Å²) in [5.74, 6) is 0. The first kappa shape index (κ1) is 10.3. The molecule has 0 N–H and O–H groups in total. The summed E-state index contributed by atoms with van der Waals surface area (Å²) in [5, 5.41) is 2.53. The fourth-order valence-corrected chi connectivity index (χ4v) is 2.50. The van der Waals surface area contributed by atoms with Crippen LogP contribution in [0.25, 0.3) is 21.8 Å². The molecule has 1 aromatic carbocycles.